The van der Waals surface area contributed by atoms with E-state index in [-0.39, 0.29) is 0 Å². The van der Waals surface area contributed by atoms with Crippen LogP contribution in [0.1, 0.15) is 19.3 Å². The molecule has 1 aromatic carbocycles. The first-order valence-corrected chi connectivity index (χ1v) is 7.24. The first kappa shape index (κ1) is 11.2. The molecule has 1 unspecified atom stereocenters. The van der Waals surface area contributed by atoms with E-state index in [1.807, 2.05) is 12.4 Å². The van der Waals surface area contributed by atoms with Gasteiger partial charge in [-0.05, 0) is 31.4 Å². The number of aromatic nitrogens is 1. The SMILES string of the molecule is c1cc(N2CCC(NC3CC3)C2)c2ccncc2c1. The highest BCUT2D eigenvalue weighted by atomic mass is 15.2. The monoisotopic (exact) mass is 253 g/mol. The summed E-state index contributed by atoms with van der Waals surface area (Å²) in [5, 5.41) is 6.31. The van der Waals surface area contributed by atoms with Crippen molar-refractivity contribution in [2.24, 2.45) is 0 Å². The smallest absolute Gasteiger partial charge is 0.0447 e. The fourth-order valence-electron chi connectivity index (χ4n) is 3.08. The Balaban J connectivity index is 1.60. The van der Waals surface area contributed by atoms with Gasteiger partial charge >= 0.3 is 0 Å². The largest absolute Gasteiger partial charge is 0.369 e. The molecule has 2 heterocycles. The van der Waals surface area contributed by atoms with Crippen LogP contribution in [0.15, 0.2) is 36.7 Å². The molecule has 4 rings (SSSR count). The Bertz CT molecular complexity index is 586. The summed E-state index contributed by atoms with van der Waals surface area (Å²) in [7, 11) is 0. The molecule has 1 aliphatic heterocycles. The van der Waals surface area contributed by atoms with E-state index in [1.54, 1.807) is 0 Å². The third kappa shape index (κ3) is 2.19. The minimum absolute atomic E-state index is 0.671. The van der Waals surface area contributed by atoms with E-state index in [4.69, 9.17) is 0 Å². The lowest BCUT2D eigenvalue weighted by Gasteiger charge is -2.21. The van der Waals surface area contributed by atoms with E-state index >= 15 is 0 Å². The van der Waals surface area contributed by atoms with Crippen LogP contribution in [0.25, 0.3) is 10.8 Å². The van der Waals surface area contributed by atoms with Gasteiger partial charge in [0.1, 0.15) is 0 Å². The van der Waals surface area contributed by atoms with Gasteiger partial charge in [0.2, 0.25) is 0 Å². The van der Waals surface area contributed by atoms with Crippen LogP contribution in [-0.4, -0.2) is 30.2 Å². The zero-order valence-electron chi connectivity index (χ0n) is 11.0. The fourth-order valence-corrected chi connectivity index (χ4v) is 3.08. The Morgan fingerprint density at radius 3 is 2.95 bits per heavy atom. The van der Waals surface area contributed by atoms with Gasteiger partial charge in [0.25, 0.3) is 0 Å². The lowest BCUT2D eigenvalue weighted by Crippen LogP contribution is -2.33. The van der Waals surface area contributed by atoms with E-state index in [0.717, 1.165) is 19.1 Å². The van der Waals surface area contributed by atoms with Crippen LogP contribution < -0.4 is 10.2 Å². The van der Waals surface area contributed by atoms with E-state index in [9.17, 15) is 0 Å². The van der Waals surface area contributed by atoms with Gasteiger partial charge in [-0.1, -0.05) is 12.1 Å². The van der Waals surface area contributed by atoms with Gasteiger partial charge in [-0.15, -0.1) is 0 Å². The average molecular weight is 253 g/mol. The van der Waals surface area contributed by atoms with Gasteiger partial charge in [0.15, 0.2) is 0 Å². The second kappa shape index (κ2) is 4.49. The van der Waals surface area contributed by atoms with Crippen molar-refractivity contribution in [1.29, 1.82) is 0 Å². The molecular formula is C16H19N3. The molecule has 1 atom stereocenters. The highest BCUT2D eigenvalue weighted by molar-refractivity contribution is 5.93. The van der Waals surface area contributed by atoms with Crippen molar-refractivity contribution >= 4 is 16.5 Å². The molecule has 3 heteroatoms. The topological polar surface area (TPSA) is 28.2 Å². The summed E-state index contributed by atoms with van der Waals surface area (Å²) in [6.07, 6.45) is 7.85. The first-order chi connectivity index (χ1) is 9.40. The Morgan fingerprint density at radius 1 is 1.11 bits per heavy atom. The summed E-state index contributed by atoms with van der Waals surface area (Å²) in [6, 6.07) is 10.1. The van der Waals surface area contributed by atoms with Gasteiger partial charge in [-0.3, -0.25) is 4.98 Å². The van der Waals surface area contributed by atoms with E-state index in [0.29, 0.717) is 6.04 Å². The predicted molar refractivity (Wildman–Crippen MR) is 78.5 cm³/mol. The van der Waals surface area contributed by atoms with Crippen molar-refractivity contribution in [3.63, 3.8) is 0 Å². The van der Waals surface area contributed by atoms with Crippen LogP contribution in [0.4, 0.5) is 5.69 Å². The van der Waals surface area contributed by atoms with Crippen molar-refractivity contribution in [2.75, 3.05) is 18.0 Å². The third-order valence-corrected chi connectivity index (χ3v) is 4.24. The standard InChI is InChI=1S/C16H19N3/c1-2-12-10-17-8-6-15(12)16(3-1)19-9-7-14(11-19)18-13-4-5-13/h1-3,6,8,10,13-14,18H,4-5,7,9,11H2. The van der Waals surface area contributed by atoms with Gasteiger partial charge in [0, 0.05) is 54.0 Å². The number of benzene rings is 1. The van der Waals surface area contributed by atoms with Crippen LogP contribution in [0.3, 0.4) is 0 Å². The van der Waals surface area contributed by atoms with Gasteiger partial charge < -0.3 is 10.2 Å². The summed E-state index contributed by atoms with van der Waals surface area (Å²) in [5.74, 6) is 0. The summed E-state index contributed by atoms with van der Waals surface area (Å²) in [6.45, 7) is 2.30. The summed E-state index contributed by atoms with van der Waals surface area (Å²) < 4.78 is 0. The number of anilines is 1. The maximum absolute atomic E-state index is 4.21. The van der Waals surface area contributed by atoms with Crippen molar-refractivity contribution in [1.82, 2.24) is 10.3 Å². The van der Waals surface area contributed by atoms with Crippen LogP contribution in [0.5, 0.6) is 0 Å². The average Bonchev–Trinajstić information content (AvgIpc) is 3.14. The number of hydrogen-bond donors (Lipinski definition) is 1. The van der Waals surface area contributed by atoms with Crippen molar-refractivity contribution < 1.29 is 0 Å². The molecule has 1 N–H and O–H groups in total. The molecule has 19 heavy (non-hydrogen) atoms. The lowest BCUT2D eigenvalue weighted by atomic mass is 10.1. The Kier molecular flexibility index (Phi) is 2.66. The maximum atomic E-state index is 4.21. The fraction of sp³-hybridized carbons (Fsp3) is 0.438. The molecule has 2 aliphatic rings. The van der Waals surface area contributed by atoms with Gasteiger partial charge in [-0.2, -0.15) is 0 Å². The number of fused-ring (bicyclic) bond motifs is 1. The Hall–Kier alpha value is -1.61. The predicted octanol–water partition coefficient (Wildman–Crippen LogP) is 2.57. The molecule has 1 aliphatic carbocycles. The molecule has 0 amide bonds. The molecule has 0 radical (unpaired) electrons. The normalized spacial score (nSPS) is 23.2. The number of hydrogen-bond acceptors (Lipinski definition) is 3. The van der Waals surface area contributed by atoms with Crippen molar-refractivity contribution in [3.8, 4) is 0 Å². The van der Waals surface area contributed by atoms with E-state index in [1.165, 1.54) is 35.7 Å². The highest BCUT2D eigenvalue weighted by Crippen LogP contribution is 2.30. The van der Waals surface area contributed by atoms with E-state index in [2.05, 4.69) is 39.5 Å². The molecule has 0 bridgehead atoms. The molecular weight excluding hydrogens is 234 g/mol. The number of nitrogens with one attached hydrogen (secondary N) is 1. The summed E-state index contributed by atoms with van der Waals surface area (Å²) in [4.78, 5) is 6.73. The molecule has 1 saturated heterocycles. The molecule has 2 aromatic rings. The molecule has 0 spiro atoms. The van der Waals surface area contributed by atoms with Gasteiger partial charge in [0.05, 0.1) is 0 Å². The number of nitrogens with zero attached hydrogens (tertiary/aromatic N) is 2. The maximum Gasteiger partial charge on any atom is 0.0447 e. The lowest BCUT2D eigenvalue weighted by molar-refractivity contribution is 0.548. The molecule has 3 nitrogen and oxygen atoms in total. The second-order valence-corrected chi connectivity index (χ2v) is 5.75. The minimum Gasteiger partial charge on any atom is -0.369 e. The molecule has 2 fully saturated rings. The zero-order chi connectivity index (χ0) is 12.7. The van der Waals surface area contributed by atoms with Crippen molar-refractivity contribution in [3.05, 3.63) is 36.7 Å². The minimum atomic E-state index is 0.671. The highest BCUT2D eigenvalue weighted by Gasteiger charge is 2.29. The molecule has 1 saturated carbocycles. The number of rotatable bonds is 3. The Labute approximate surface area is 113 Å². The van der Waals surface area contributed by atoms with Crippen LogP contribution >= 0.6 is 0 Å². The molecule has 1 aromatic heterocycles. The molecule has 98 valence electrons. The van der Waals surface area contributed by atoms with E-state index < -0.39 is 0 Å². The number of pyridine rings is 1. The quantitative estimate of drug-likeness (QED) is 0.911. The summed E-state index contributed by atoms with van der Waals surface area (Å²) >= 11 is 0. The Morgan fingerprint density at radius 2 is 2.05 bits per heavy atom. The first-order valence-electron chi connectivity index (χ1n) is 7.24. The third-order valence-electron chi connectivity index (χ3n) is 4.24. The van der Waals surface area contributed by atoms with Crippen LogP contribution in [0, 0.1) is 0 Å². The van der Waals surface area contributed by atoms with Gasteiger partial charge in [-0.25, -0.2) is 0 Å². The zero-order valence-corrected chi connectivity index (χ0v) is 11.0. The van der Waals surface area contributed by atoms with Crippen molar-refractivity contribution in [2.45, 2.75) is 31.3 Å². The van der Waals surface area contributed by atoms with Crippen LogP contribution in [-0.2, 0) is 0 Å². The van der Waals surface area contributed by atoms with Crippen LogP contribution in [0.2, 0.25) is 0 Å². The summed E-state index contributed by atoms with van der Waals surface area (Å²) in [5.41, 5.74) is 1.36. The second-order valence-electron chi connectivity index (χ2n) is 5.75.